The van der Waals surface area contributed by atoms with Crippen LogP contribution in [0.5, 0.6) is 0 Å². The van der Waals surface area contributed by atoms with Crippen molar-refractivity contribution in [3.05, 3.63) is 64.4 Å². The quantitative estimate of drug-likeness (QED) is 0.745. The van der Waals surface area contributed by atoms with Crippen LogP contribution in [-0.4, -0.2) is 11.5 Å². The fraction of sp³-hybridized carbons (Fsp3) is 0.188. The Kier molecular flexibility index (Phi) is 5.21. The first-order valence-corrected chi connectivity index (χ1v) is 7.56. The molecule has 104 valence electrons. The van der Waals surface area contributed by atoms with Gasteiger partial charge in [-0.2, -0.15) is 0 Å². The van der Waals surface area contributed by atoms with Gasteiger partial charge in [-0.1, -0.05) is 35.4 Å². The third-order valence-electron chi connectivity index (χ3n) is 2.77. The van der Waals surface area contributed by atoms with Gasteiger partial charge in [-0.05, 0) is 36.8 Å². The fourth-order valence-corrected chi connectivity index (χ4v) is 2.87. The second-order valence-corrected chi connectivity index (χ2v) is 6.03. The zero-order chi connectivity index (χ0) is 14.5. The highest BCUT2D eigenvalue weighted by atomic mass is 35.5. The molecule has 0 saturated heterocycles. The molecular weight excluding hydrogens is 295 g/mol. The summed E-state index contributed by atoms with van der Waals surface area (Å²) in [6, 6.07) is 12.4. The van der Waals surface area contributed by atoms with Crippen LogP contribution >= 0.6 is 23.4 Å². The number of carbonyl (C=O) groups is 1. The highest BCUT2D eigenvalue weighted by Gasteiger charge is 2.07. The molecule has 20 heavy (non-hydrogen) atoms. The van der Waals surface area contributed by atoms with E-state index >= 15 is 0 Å². The van der Waals surface area contributed by atoms with Crippen LogP contribution in [0, 0.1) is 12.7 Å². The Morgan fingerprint density at radius 3 is 2.75 bits per heavy atom. The molecule has 2 aromatic rings. The summed E-state index contributed by atoms with van der Waals surface area (Å²) in [7, 11) is 0. The number of thioether (sulfide) groups is 1. The number of ketones is 1. The molecule has 0 aromatic heterocycles. The number of benzene rings is 2. The maximum Gasteiger partial charge on any atom is 0.147 e. The van der Waals surface area contributed by atoms with E-state index in [9.17, 15) is 9.18 Å². The second-order valence-electron chi connectivity index (χ2n) is 4.57. The van der Waals surface area contributed by atoms with Gasteiger partial charge in [0.25, 0.3) is 0 Å². The SMILES string of the molecule is Cc1cccc(SCC(=O)Cc2ccc(F)c(Cl)c2)c1. The highest BCUT2D eigenvalue weighted by Crippen LogP contribution is 2.20. The van der Waals surface area contributed by atoms with Gasteiger partial charge in [-0.3, -0.25) is 4.79 Å². The molecule has 1 nitrogen and oxygen atoms in total. The van der Waals surface area contributed by atoms with Crippen molar-refractivity contribution in [2.24, 2.45) is 0 Å². The van der Waals surface area contributed by atoms with E-state index in [1.54, 1.807) is 6.07 Å². The summed E-state index contributed by atoms with van der Waals surface area (Å²) >= 11 is 7.21. The van der Waals surface area contributed by atoms with Gasteiger partial charge in [0.05, 0.1) is 10.8 Å². The predicted molar refractivity (Wildman–Crippen MR) is 82.0 cm³/mol. The molecule has 4 heteroatoms. The van der Waals surface area contributed by atoms with Crippen LogP contribution in [0.4, 0.5) is 4.39 Å². The molecule has 0 atom stereocenters. The summed E-state index contributed by atoms with van der Waals surface area (Å²) in [4.78, 5) is 13.0. The third-order valence-corrected chi connectivity index (χ3v) is 4.12. The Balaban J connectivity index is 1.91. The molecule has 0 unspecified atom stereocenters. The number of hydrogen-bond donors (Lipinski definition) is 0. The van der Waals surface area contributed by atoms with Crippen LogP contribution in [0.2, 0.25) is 5.02 Å². The molecule has 2 aromatic carbocycles. The largest absolute Gasteiger partial charge is 0.298 e. The maximum absolute atomic E-state index is 13.0. The van der Waals surface area contributed by atoms with Gasteiger partial charge < -0.3 is 0 Å². The molecule has 0 radical (unpaired) electrons. The van der Waals surface area contributed by atoms with Crippen molar-refractivity contribution >= 4 is 29.1 Å². The van der Waals surface area contributed by atoms with Gasteiger partial charge in [-0.25, -0.2) is 4.39 Å². The molecule has 0 aliphatic heterocycles. The van der Waals surface area contributed by atoms with Crippen molar-refractivity contribution in [3.8, 4) is 0 Å². The van der Waals surface area contributed by atoms with E-state index in [2.05, 4.69) is 0 Å². The number of halogens is 2. The standard InChI is InChI=1S/C16H14ClFOS/c1-11-3-2-4-14(7-11)20-10-13(19)8-12-5-6-16(18)15(17)9-12/h2-7,9H,8,10H2,1H3. The average Bonchev–Trinajstić information content (AvgIpc) is 2.41. The first-order chi connectivity index (χ1) is 9.54. The summed E-state index contributed by atoms with van der Waals surface area (Å²) in [5, 5.41) is 0.0571. The Morgan fingerprint density at radius 1 is 1.25 bits per heavy atom. The third kappa shape index (κ3) is 4.36. The molecule has 2 rings (SSSR count). The predicted octanol–water partition coefficient (Wildman–Crippen LogP) is 4.69. The van der Waals surface area contributed by atoms with E-state index in [1.807, 2.05) is 31.2 Å². The van der Waals surface area contributed by atoms with Crippen molar-refractivity contribution < 1.29 is 9.18 Å². The Hall–Kier alpha value is -1.32. The molecule has 0 aliphatic rings. The van der Waals surface area contributed by atoms with Gasteiger partial charge in [0.2, 0.25) is 0 Å². The smallest absolute Gasteiger partial charge is 0.147 e. The number of hydrogen-bond acceptors (Lipinski definition) is 2. The van der Waals surface area contributed by atoms with E-state index in [0.29, 0.717) is 5.75 Å². The fourth-order valence-electron chi connectivity index (χ4n) is 1.80. The van der Waals surface area contributed by atoms with Crippen LogP contribution in [0.3, 0.4) is 0 Å². The van der Waals surface area contributed by atoms with E-state index in [4.69, 9.17) is 11.6 Å². The summed E-state index contributed by atoms with van der Waals surface area (Å²) in [5.74, 6) is 0.0366. The normalized spacial score (nSPS) is 10.6. The van der Waals surface area contributed by atoms with Crippen LogP contribution < -0.4 is 0 Å². The van der Waals surface area contributed by atoms with Crippen LogP contribution in [0.1, 0.15) is 11.1 Å². The topological polar surface area (TPSA) is 17.1 Å². The molecule has 0 fully saturated rings. The molecule has 0 amide bonds. The van der Waals surface area contributed by atoms with E-state index < -0.39 is 5.82 Å². The molecule has 0 saturated carbocycles. The molecule has 0 bridgehead atoms. The van der Waals surface area contributed by atoms with Gasteiger partial charge >= 0.3 is 0 Å². The lowest BCUT2D eigenvalue weighted by Gasteiger charge is -2.04. The summed E-state index contributed by atoms with van der Waals surface area (Å²) in [6.07, 6.45) is 0.277. The minimum absolute atomic E-state index is 0.0571. The van der Waals surface area contributed by atoms with Crippen molar-refractivity contribution in [3.63, 3.8) is 0 Å². The minimum atomic E-state index is -0.461. The van der Waals surface area contributed by atoms with Gasteiger partial charge in [0, 0.05) is 11.3 Å². The first kappa shape index (κ1) is 15.1. The number of rotatable bonds is 5. The molecule has 0 spiro atoms. The van der Waals surface area contributed by atoms with Crippen molar-refractivity contribution in [1.29, 1.82) is 0 Å². The lowest BCUT2D eigenvalue weighted by Crippen LogP contribution is -2.05. The van der Waals surface area contributed by atoms with Crippen molar-refractivity contribution in [1.82, 2.24) is 0 Å². The van der Waals surface area contributed by atoms with E-state index in [0.717, 1.165) is 10.5 Å². The first-order valence-electron chi connectivity index (χ1n) is 6.19. The van der Waals surface area contributed by atoms with Crippen LogP contribution in [-0.2, 0) is 11.2 Å². The molecule has 0 N–H and O–H groups in total. The number of Topliss-reactive ketones (excluding diaryl/α,β-unsaturated/α-hetero) is 1. The van der Waals surface area contributed by atoms with Crippen LogP contribution in [0.15, 0.2) is 47.4 Å². The van der Waals surface area contributed by atoms with Gasteiger partial charge in [0.1, 0.15) is 11.6 Å². The zero-order valence-electron chi connectivity index (χ0n) is 11.0. The van der Waals surface area contributed by atoms with Crippen LogP contribution in [0.25, 0.3) is 0 Å². The highest BCUT2D eigenvalue weighted by molar-refractivity contribution is 8.00. The monoisotopic (exact) mass is 308 g/mol. The molecule has 0 aliphatic carbocycles. The Bertz CT molecular complexity index is 628. The summed E-state index contributed by atoms with van der Waals surface area (Å²) < 4.78 is 13.0. The second kappa shape index (κ2) is 6.91. The minimum Gasteiger partial charge on any atom is -0.298 e. The maximum atomic E-state index is 13.0. The van der Waals surface area contributed by atoms with Gasteiger partial charge in [0.15, 0.2) is 0 Å². The lowest BCUT2D eigenvalue weighted by molar-refractivity contribution is -0.116. The van der Waals surface area contributed by atoms with E-state index in [1.165, 1.54) is 29.5 Å². The number of aryl methyl sites for hydroxylation is 1. The Labute approximate surface area is 127 Å². The van der Waals surface area contributed by atoms with Crippen molar-refractivity contribution in [2.45, 2.75) is 18.2 Å². The summed E-state index contributed by atoms with van der Waals surface area (Å²) in [5.41, 5.74) is 1.92. The lowest BCUT2D eigenvalue weighted by atomic mass is 10.1. The van der Waals surface area contributed by atoms with Gasteiger partial charge in [-0.15, -0.1) is 11.8 Å². The summed E-state index contributed by atoms with van der Waals surface area (Å²) in [6.45, 7) is 2.02. The molecule has 0 heterocycles. The average molecular weight is 309 g/mol. The van der Waals surface area contributed by atoms with Crippen molar-refractivity contribution in [2.75, 3.05) is 5.75 Å². The molecular formula is C16H14ClFOS. The number of carbonyl (C=O) groups excluding carboxylic acids is 1. The Morgan fingerprint density at radius 2 is 2.05 bits per heavy atom. The van der Waals surface area contributed by atoms with E-state index in [-0.39, 0.29) is 17.2 Å². The zero-order valence-corrected chi connectivity index (χ0v) is 12.6.